The van der Waals surface area contributed by atoms with Crippen LogP contribution in [0.5, 0.6) is 5.75 Å². The van der Waals surface area contributed by atoms with Gasteiger partial charge < -0.3 is 4.74 Å². The van der Waals surface area contributed by atoms with E-state index in [4.69, 9.17) is 0 Å². The van der Waals surface area contributed by atoms with E-state index in [0.717, 1.165) is 12.1 Å². The normalized spacial score (nSPS) is 14.0. The summed E-state index contributed by atoms with van der Waals surface area (Å²) in [6, 6.07) is 5.75. The third-order valence-corrected chi connectivity index (χ3v) is 3.06. The first-order valence-electron chi connectivity index (χ1n) is 6.46. The molecule has 13 heteroatoms. The quantitative estimate of drug-likeness (QED) is 0.345. The smallest absolute Gasteiger partial charge is 0.454 e. The maximum Gasteiger partial charge on any atom is 0.460 e. The lowest BCUT2D eigenvalue weighted by atomic mass is 9.95. The Labute approximate surface area is 143 Å². The SMILES string of the molecule is C=C(Oc1ccccc1)C(=O)C(F)(F)C(F)(F)C(F)(F)C(F)(F)C(F)(F)F. The maximum atomic E-state index is 13.5. The van der Waals surface area contributed by atoms with E-state index < -0.39 is 47.2 Å². The highest BCUT2D eigenvalue weighted by Gasteiger charge is 2.88. The minimum absolute atomic E-state index is 0.456. The van der Waals surface area contributed by atoms with Gasteiger partial charge in [0.15, 0.2) is 5.76 Å². The van der Waals surface area contributed by atoms with Gasteiger partial charge >= 0.3 is 29.9 Å². The molecule has 0 N–H and O–H groups in total. The van der Waals surface area contributed by atoms with Crippen molar-refractivity contribution in [2.45, 2.75) is 29.9 Å². The average Bonchev–Trinajstić information content (AvgIpc) is 2.53. The van der Waals surface area contributed by atoms with Gasteiger partial charge in [-0.25, -0.2) is 0 Å². The number of ether oxygens (including phenoxy) is 1. The van der Waals surface area contributed by atoms with Crippen LogP contribution >= 0.6 is 0 Å². The molecule has 0 heterocycles. The van der Waals surface area contributed by atoms with Gasteiger partial charge in [-0.1, -0.05) is 24.8 Å². The lowest BCUT2D eigenvalue weighted by molar-refractivity contribution is -0.416. The molecule has 0 bridgehead atoms. The van der Waals surface area contributed by atoms with E-state index >= 15 is 0 Å². The van der Waals surface area contributed by atoms with Crippen LogP contribution in [0.25, 0.3) is 0 Å². The van der Waals surface area contributed by atoms with E-state index in [2.05, 4.69) is 11.3 Å². The first-order valence-corrected chi connectivity index (χ1v) is 6.46. The second-order valence-corrected chi connectivity index (χ2v) is 4.96. The van der Waals surface area contributed by atoms with E-state index in [0.29, 0.717) is 0 Å². The molecule has 0 aliphatic carbocycles. The van der Waals surface area contributed by atoms with Gasteiger partial charge in [-0.3, -0.25) is 4.79 Å². The minimum Gasteiger partial charge on any atom is -0.454 e. The number of hydrogen-bond donors (Lipinski definition) is 0. The molecule has 1 rings (SSSR count). The van der Waals surface area contributed by atoms with Crippen molar-refractivity contribution in [2.24, 2.45) is 0 Å². The van der Waals surface area contributed by atoms with Crippen LogP contribution in [0.1, 0.15) is 0 Å². The van der Waals surface area contributed by atoms with Gasteiger partial charge in [0.25, 0.3) is 5.78 Å². The summed E-state index contributed by atoms with van der Waals surface area (Å²) in [5, 5.41) is 0. The fourth-order valence-electron chi connectivity index (χ4n) is 1.57. The van der Waals surface area contributed by atoms with Gasteiger partial charge in [0.1, 0.15) is 5.75 Å². The second-order valence-electron chi connectivity index (χ2n) is 4.96. The molecule has 0 aliphatic rings. The van der Waals surface area contributed by atoms with Crippen LogP contribution in [0.4, 0.5) is 48.3 Å². The van der Waals surface area contributed by atoms with E-state index in [1.54, 1.807) is 0 Å². The summed E-state index contributed by atoms with van der Waals surface area (Å²) in [5.41, 5.74) is 0. The predicted molar refractivity (Wildman–Crippen MR) is 67.1 cm³/mol. The third-order valence-electron chi connectivity index (χ3n) is 3.06. The van der Waals surface area contributed by atoms with E-state index in [9.17, 15) is 53.1 Å². The van der Waals surface area contributed by atoms with Crippen LogP contribution in [0.3, 0.4) is 0 Å². The first kappa shape index (κ1) is 22.7. The Kier molecular flexibility index (Phi) is 5.61. The molecular formula is C14H7F11O2. The van der Waals surface area contributed by atoms with Crippen molar-refractivity contribution in [1.82, 2.24) is 0 Å². The molecule has 0 atom stereocenters. The molecular weight excluding hydrogens is 409 g/mol. The first-order chi connectivity index (χ1) is 11.9. The number of carbonyl (C=O) groups excluding carboxylic acids is 1. The third kappa shape index (κ3) is 3.58. The molecule has 0 aliphatic heterocycles. The van der Waals surface area contributed by atoms with Gasteiger partial charge in [0.2, 0.25) is 0 Å². The van der Waals surface area contributed by atoms with Gasteiger partial charge in [-0.2, -0.15) is 48.3 Å². The molecule has 1 aromatic carbocycles. The van der Waals surface area contributed by atoms with Gasteiger partial charge in [-0.15, -0.1) is 0 Å². The Morgan fingerprint density at radius 1 is 0.741 bits per heavy atom. The van der Waals surface area contributed by atoms with Crippen molar-refractivity contribution >= 4 is 5.78 Å². The van der Waals surface area contributed by atoms with Crippen LogP contribution < -0.4 is 4.74 Å². The second kappa shape index (κ2) is 6.68. The topological polar surface area (TPSA) is 26.3 Å². The number of Topliss-reactive ketones (excluding diaryl/α,β-unsaturated/α-hetero) is 1. The molecule has 0 saturated carbocycles. The van der Waals surface area contributed by atoms with Crippen molar-refractivity contribution < 1.29 is 57.8 Å². The molecule has 27 heavy (non-hydrogen) atoms. The highest BCUT2D eigenvalue weighted by atomic mass is 19.4. The van der Waals surface area contributed by atoms with Crippen molar-refractivity contribution in [1.29, 1.82) is 0 Å². The molecule has 0 spiro atoms. The molecule has 0 unspecified atom stereocenters. The molecule has 0 amide bonds. The number of allylic oxidation sites excluding steroid dienone is 1. The van der Waals surface area contributed by atoms with Crippen LogP contribution in [-0.4, -0.2) is 35.6 Å². The summed E-state index contributed by atoms with van der Waals surface area (Å²) in [4.78, 5) is 11.3. The Hall–Kier alpha value is -2.34. The van der Waals surface area contributed by atoms with Crippen LogP contribution in [0.2, 0.25) is 0 Å². The van der Waals surface area contributed by atoms with Gasteiger partial charge in [-0.05, 0) is 12.1 Å². The molecule has 0 radical (unpaired) electrons. The number of rotatable bonds is 7. The maximum absolute atomic E-state index is 13.5. The Bertz CT molecular complexity index is 708. The molecule has 1 aromatic rings. The predicted octanol–water partition coefficient (Wildman–Crippen LogP) is 5.25. The van der Waals surface area contributed by atoms with E-state index in [1.807, 2.05) is 0 Å². The Balaban J connectivity index is 3.26. The number of halogens is 11. The van der Waals surface area contributed by atoms with E-state index in [1.165, 1.54) is 18.2 Å². The number of benzene rings is 1. The summed E-state index contributed by atoms with van der Waals surface area (Å²) in [6.45, 7) is 2.48. The van der Waals surface area contributed by atoms with Gasteiger partial charge in [0, 0.05) is 0 Å². The summed E-state index contributed by atoms with van der Waals surface area (Å²) >= 11 is 0. The number of para-hydroxylation sites is 1. The summed E-state index contributed by atoms with van der Waals surface area (Å²) < 4.78 is 146. The van der Waals surface area contributed by atoms with Crippen LogP contribution in [-0.2, 0) is 4.79 Å². The number of ketones is 1. The van der Waals surface area contributed by atoms with Crippen molar-refractivity contribution in [3.05, 3.63) is 42.7 Å². The molecule has 2 nitrogen and oxygen atoms in total. The molecule has 0 fully saturated rings. The average molecular weight is 416 g/mol. The zero-order valence-corrected chi connectivity index (χ0v) is 12.6. The van der Waals surface area contributed by atoms with Crippen molar-refractivity contribution in [2.75, 3.05) is 0 Å². The highest BCUT2D eigenvalue weighted by Crippen LogP contribution is 2.57. The van der Waals surface area contributed by atoms with Gasteiger partial charge in [0.05, 0.1) is 0 Å². The fourth-order valence-corrected chi connectivity index (χ4v) is 1.57. The minimum atomic E-state index is -7.68. The molecule has 0 saturated heterocycles. The molecule has 0 aromatic heterocycles. The fraction of sp³-hybridized carbons (Fsp3) is 0.357. The Morgan fingerprint density at radius 2 is 1.19 bits per heavy atom. The summed E-state index contributed by atoms with van der Waals surface area (Å²) in [5.74, 6) is -35.1. The van der Waals surface area contributed by atoms with E-state index in [-0.39, 0.29) is 0 Å². The standard InChI is InChI=1S/C14H7F11O2/c1-7(27-8-5-3-2-4-6-8)9(26)10(15,16)11(17,18)12(19,20)13(21,22)14(23,24)25/h2-6H,1H2. The lowest BCUT2D eigenvalue weighted by Crippen LogP contribution is -2.68. The number of carbonyl (C=O) groups is 1. The zero-order valence-electron chi connectivity index (χ0n) is 12.6. The highest BCUT2D eigenvalue weighted by molar-refractivity contribution is 5.99. The largest absolute Gasteiger partial charge is 0.460 e. The molecule has 152 valence electrons. The zero-order chi connectivity index (χ0) is 21.5. The lowest BCUT2D eigenvalue weighted by Gasteiger charge is -2.36. The van der Waals surface area contributed by atoms with Crippen molar-refractivity contribution in [3.63, 3.8) is 0 Å². The monoisotopic (exact) mass is 416 g/mol. The van der Waals surface area contributed by atoms with Crippen molar-refractivity contribution in [3.8, 4) is 5.75 Å². The number of hydrogen-bond acceptors (Lipinski definition) is 2. The van der Waals surface area contributed by atoms with Crippen LogP contribution in [0.15, 0.2) is 42.7 Å². The number of alkyl halides is 11. The summed E-state index contributed by atoms with van der Waals surface area (Å²) in [6.07, 6.45) is -7.31. The van der Waals surface area contributed by atoms with Crippen LogP contribution in [0, 0.1) is 0 Å². The Morgan fingerprint density at radius 3 is 1.59 bits per heavy atom. The summed E-state index contributed by atoms with van der Waals surface area (Å²) in [7, 11) is 0.